The highest BCUT2D eigenvalue weighted by molar-refractivity contribution is 7.25. The number of nitrogens with zero attached hydrogens (tertiary/aromatic N) is 4. The van der Waals surface area contributed by atoms with Crippen molar-refractivity contribution in [1.82, 2.24) is 15.0 Å². The lowest BCUT2D eigenvalue weighted by molar-refractivity contribution is 1.18. The third kappa shape index (κ3) is 5.04. The maximum atomic E-state index is 9.34. The monoisotopic (exact) mass is 592 g/mol. The molecule has 4 nitrogen and oxygen atoms in total. The number of rotatable bonds is 5. The lowest BCUT2D eigenvalue weighted by Gasteiger charge is -2.13. The van der Waals surface area contributed by atoms with Crippen LogP contribution in [0.1, 0.15) is 5.56 Å². The molecule has 210 valence electrons. The highest BCUT2D eigenvalue weighted by Crippen LogP contribution is 2.37. The van der Waals surface area contributed by atoms with Gasteiger partial charge in [0.1, 0.15) is 0 Å². The number of nitriles is 1. The summed E-state index contributed by atoms with van der Waals surface area (Å²) < 4.78 is 2.61. The number of fused-ring (bicyclic) bond motifs is 3. The van der Waals surface area contributed by atoms with Crippen LogP contribution in [-0.2, 0) is 0 Å². The van der Waals surface area contributed by atoms with E-state index >= 15 is 0 Å². The molecule has 0 radical (unpaired) electrons. The number of hydrogen-bond donors (Lipinski definition) is 0. The Labute approximate surface area is 264 Å². The standard InChI is InChI=1S/C40H24N4S/c41-24-26-11-13-28(14-12-26)36-23-37(44-40(43-36)34-9-2-1-7-32(34)31-6-5-21-42-25-31)29-17-15-27(16-18-29)30-19-20-39-35(22-30)33-8-3-4-10-38(33)45-39/h1-23,25H. The fourth-order valence-corrected chi connectivity index (χ4v) is 6.86. The van der Waals surface area contributed by atoms with Crippen LogP contribution in [0.15, 0.2) is 146 Å². The molecule has 8 rings (SSSR count). The first-order chi connectivity index (χ1) is 22.2. The summed E-state index contributed by atoms with van der Waals surface area (Å²) in [4.78, 5) is 14.5. The number of hydrogen-bond acceptors (Lipinski definition) is 5. The van der Waals surface area contributed by atoms with Crippen LogP contribution in [0, 0.1) is 11.3 Å². The van der Waals surface area contributed by atoms with Crippen LogP contribution in [-0.4, -0.2) is 15.0 Å². The van der Waals surface area contributed by atoms with Crippen LogP contribution in [0.5, 0.6) is 0 Å². The molecule has 0 atom stereocenters. The minimum absolute atomic E-state index is 0.611. The summed E-state index contributed by atoms with van der Waals surface area (Å²) in [6.07, 6.45) is 3.63. The first-order valence-corrected chi connectivity index (χ1v) is 15.5. The van der Waals surface area contributed by atoms with Gasteiger partial charge in [-0.1, -0.05) is 91.0 Å². The van der Waals surface area contributed by atoms with Gasteiger partial charge in [-0.25, -0.2) is 9.97 Å². The molecule has 0 bridgehead atoms. The van der Waals surface area contributed by atoms with Gasteiger partial charge in [0.05, 0.1) is 23.0 Å². The number of aromatic nitrogens is 3. The van der Waals surface area contributed by atoms with Crippen LogP contribution in [0.3, 0.4) is 0 Å². The van der Waals surface area contributed by atoms with Gasteiger partial charge in [-0.3, -0.25) is 4.98 Å². The van der Waals surface area contributed by atoms with E-state index in [0.717, 1.165) is 44.8 Å². The number of thiophene rings is 1. The molecule has 5 aromatic carbocycles. The lowest BCUT2D eigenvalue weighted by atomic mass is 9.98. The molecule has 45 heavy (non-hydrogen) atoms. The Balaban J connectivity index is 1.23. The average Bonchev–Trinajstić information content (AvgIpc) is 3.50. The van der Waals surface area contributed by atoms with E-state index in [0.29, 0.717) is 11.4 Å². The number of benzene rings is 5. The quantitative estimate of drug-likeness (QED) is 0.199. The van der Waals surface area contributed by atoms with Gasteiger partial charge in [0.15, 0.2) is 5.82 Å². The predicted octanol–water partition coefficient (Wildman–Crippen LogP) is 10.4. The molecule has 0 unspecified atom stereocenters. The van der Waals surface area contributed by atoms with Gasteiger partial charge in [0, 0.05) is 54.8 Å². The van der Waals surface area contributed by atoms with Crippen LogP contribution < -0.4 is 0 Å². The summed E-state index contributed by atoms with van der Waals surface area (Å²) >= 11 is 1.83. The van der Waals surface area contributed by atoms with Gasteiger partial charge >= 0.3 is 0 Å². The largest absolute Gasteiger partial charge is 0.264 e. The summed E-state index contributed by atoms with van der Waals surface area (Å²) in [5.74, 6) is 0.630. The van der Waals surface area contributed by atoms with E-state index in [-0.39, 0.29) is 0 Å². The second-order valence-electron chi connectivity index (χ2n) is 10.8. The van der Waals surface area contributed by atoms with Crippen molar-refractivity contribution in [3.8, 4) is 62.2 Å². The fourth-order valence-electron chi connectivity index (χ4n) is 5.77. The second kappa shape index (κ2) is 11.3. The summed E-state index contributed by atoms with van der Waals surface area (Å²) in [5, 5.41) is 11.9. The van der Waals surface area contributed by atoms with E-state index in [1.165, 1.54) is 25.7 Å². The predicted molar refractivity (Wildman–Crippen MR) is 185 cm³/mol. The molecule has 0 fully saturated rings. The first kappa shape index (κ1) is 26.7. The van der Waals surface area contributed by atoms with Gasteiger partial charge in [-0.2, -0.15) is 5.26 Å². The Morgan fingerprint density at radius 3 is 1.89 bits per heavy atom. The molecule has 0 amide bonds. The van der Waals surface area contributed by atoms with Gasteiger partial charge in [-0.15, -0.1) is 11.3 Å². The third-order valence-electron chi connectivity index (χ3n) is 8.07. The Kier molecular flexibility index (Phi) is 6.68. The smallest absolute Gasteiger partial charge is 0.161 e. The molecule has 0 spiro atoms. The molecule has 0 saturated carbocycles. The molecular weight excluding hydrogens is 569 g/mol. The maximum Gasteiger partial charge on any atom is 0.161 e. The minimum Gasteiger partial charge on any atom is -0.264 e. The molecule has 3 aromatic heterocycles. The zero-order valence-corrected chi connectivity index (χ0v) is 24.9. The van der Waals surface area contributed by atoms with Crippen molar-refractivity contribution >= 4 is 31.5 Å². The van der Waals surface area contributed by atoms with Gasteiger partial charge in [0.2, 0.25) is 0 Å². The van der Waals surface area contributed by atoms with Crippen LogP contribution in [0.25, 0.3) is 76.3 Å². The molecule has 0 aliphatic carbocycles. The molecule has 0 saturated heterocycles. The second-order valence-corrected chi connectivity index (χ2v) is 11.9. The van der Waals surface area contributed by atoms with Crippen molar-refractivity contribution in [2.45, 2.75) is 0 Å². The lowest BCUT2D eigenvalue weighted by Crippen LogP contribution is -1.97. The van der Waals surface area contributed by atoms with Crippen molar-refractivity contribution in [2.75, 3.05) is 0 Å². The first-order valence-electron chi connectivity index (χ1n) is 14.6. The summed E-state index contributed by atoms with van der Waals surface area (Å²) in [5.41, 5.74) is 9.43. The SMILES string of the molecule is N#Cc1ccc(-c2cc(-c3ccc(-c4ccc5sc6ccccc6c5c4)cc3)nc(-c3ccccc3-c3cccnc3)n2)cc1. The van der Waals surface area contributed by atoms with Gasteiger partial charge < -0.3 is 0 Å². The highest BCUT2D eigenvalue weighted by atomic mass is 32.1. The van der Waals surface area contributed by atoms with E-state index in [9.17, 15) is 5.26 Å². The Bertz CT molecular complexity index is 2370. The van der Waals surface area contributed by atoms with E-state index in [4.69, 9.17) is 9.97 Å². The van der Waals surface area contributed by atoms with Crippen LogP contribution in [0.2, 0.25) is 0 Å². The third-order valence-corrected chi connectivity index (χ3v) is 9.22. The normalized spacial score (nSPS) is 11.1. The summed E-state index contributed by atoms with van der Waals surface area (Å²) in [6, 6.07) is 47.8. The summed E-state index contributed by atoms with van der Waals surface area (Å²) in [7, 11) is 0. The van der Waals surface area contributed by atoms with E-state index in [1.807, 2.05) is 72.1 Å². The highest BCUT2D eigenvalue weighted by Gasteiger charge is 2.15. The summed E-state index contributed by atoms with van der Waals surface area (Å²) in [6.45, 7) is 0. The Hall–Kier alpha value is -5.96. The Morgan fingerprint density at radius 1 is 0.511 bits per heavy atom. The van der Waals surface area contributed by atoms with Crippen LogP contribution >= 0.6 is 11.3 Å². The van der Waals surface area contributed by atoms with Gasteiger partial charge in [0.25, 0.3) is 0 Å². The number of pyridine rings is 1. The van der Waals surface area contributed by atoms with E-state index < -0.39 is 0 Å². The maximum absolute atomic E-state index is 9.34. The topological polar surface area (TPSA) is 62.5 Å². The minimum atomic E-state index is 0.611. The van der Waals surface area contributed by atoms with E-state index in [2.05, 4.69) is 89.9 Å². The molecule has 0 aliphatic rings. The molecular formula is C40H24N4S. The fraction of sp³-hybridized carbons (Fsp3) is 0. The van der Waals surface area contributed by atoms with Crippen molar-refractivity contribution < 1.29 is 0 Å². The zero-order chi connectivity index (χ0) is 30.2. The van der Waals surface area contributed by atoms with E-state index in [1.54, 1.807) is 6.20 Å². The molecule has 5 heteroatoms. The Morgan fingerprint density at radius 2 is 1.16 bits per heavy atom. The van der Waals surface area contributed by atoms with Crippen molar-refractivity contribution in [3.05, 3.63) is 151 Å². The molecule has 0 N–H and O–H groups in total. The zero-order valence-electron chi connectivity index (χ0n) is 24.1. The van der Waals surface area contributed by atoms with Crippen molar-refractivity contribution in [2.24, 2.45) is 0 Å². The van der Waals surface area contributed by atoms with Gasteiger partial charge in [-0.05, 0) is 59.2 Å². The van der Waals surface area contributed by atoms with Crippen LogP contribution in [0.4, 0.5) is 0 Å². The van der Waals surface area contributed by atoms with Crippen molar-refractivity contribution in [3.63, 3.8) is 0 Å². The molecule has 0 aliphatic heterocycles. The molecule has 8 aromatic rings. The molecule has 3 heterocycles. The average molecular weight is 593 g/mol. The van der Waals surface area contributed by atoms with Crippen molar-refractivity contribution in [1.29, 1.82) is 5.26 Å².